The fraction of sp³-hybridized carbons (Fsp3) is 0.857. The van der Waals surface area contributed by atoms with Gasteiger partial charge < -0.3 is 10.8 Å². The van der Waals surface area contributed by atoms with Gasteiger partial charge in [0.1, 0.15) is 5.54 Å². The lowest BCUT2D eigenvalue weighted by atomic mass is 9.97. The van der Waals surface area contributed by atoms with Gasteiger partial charge in [-0.05, 0) is 13.3 Å². The van der Waals surface area contributed by atoms with Gasteiger partial charge >= 0.3 is 5.97 Å². The number of carboxylic acids is 1. The molecule has 0 rings (SSSR count). The lowest BCUT2D eigenvalue weighted by molar-refractivity contribution is -0.142. The van der Waals surface area contributed by atoms with Crippen LogP contribution in [0, 0.1) is 0 Å². The van der Waals surface area contributed by atoms with Crippen molar-refractivity contribution in [3.05, 3.63) is 0 Å². The van der Waals surface area contributed by atoms with Crippen molar-refractivity contribution in [1.29, 1.82) is 0 Å². The van der Waals surface area contributed by atoms with Crippen molar-refractivity contribution in [3.63, 3.8) is 0 Å². The topological polar surface area (TPSA) is 63.3 Å². The summed E-state index contributed by atoms with van der Waals surface area (Å²) < 4.78 is 0. The molecule has 0 saturated heterocycles. The number of hydrogen-bond donors (Lipinski definition) is 2. The zero-order chi connectivity index (χ0) is 8.20. The minimum Gasteiger partial charge on any atom is -0.480 e. The predicted molar refractivity (Wildman–Crippen MR) is 39.8 cm³/mol. The van der Waals surface area contributed by atoms with Gasteiger partial charge in [0.2, 0.25) is 0 Å². The van der Waals surface area contributed by atoms with Gasteiger partial charge in [-0.2, -0.15) is 0 Å². The van der Waals surface area contributed by atoms with Crippen molar-refractivity contribution in [2.45, 2.75) is 38.6 Å². The molecule has 0 aromatic rings. The van der Waals surface area contributed by atoms with Crippen LogP contribution in [0.4, 0.5) is 0 Å². The molecule has 0 heterocycles. The summed E-state index contributed by atoms with van der Waals surface area (Å²) in [5.74, 6) is -0.916. The number of aliphatic carboxylic acids is 1. The van der Waals surface area contributed by atoms with E-state index in [1.54, 1.807) is 6.92 Å². The lowest BCUT2D eigenvalue weighted by Crippen LogP contribution is -2.44. The van der Waals surface area contributed by atoms with Gasteiger partial charge in [-0.15, -0.1) is 0 Å². The van der Waals surface area contributed by atoms with Crippen LogP contribution in [0.3, 0.4) is 0 Å². The van der Waals surface area contributed by atoms with Crippen molar-refractivity contribution in [3.8, 4) is 0 Å². The first-order valence-corrected chi connectivity index (χ1v) is 3.53. The van der Waals surface area contributed by atoms with E-state index in [0.717, 1.165) is 12.8 Å². The Kier molecular flexibility index (Phi) is 3.36. The number of hydrogen-bond acceptors (Lipinski definition) is 2. The summed E-state index contributed by atoms with van der Waals surface area (Å²) in [5, 5.41) is 8.54. The Morgan fingerprint density at radius 2 is 2.20 bits per heavy atom. The molecule has 10 heavy (non-hydrogen) atoms. The van der Waals surface area contributed by atoms with Crippen molar-refractivity contribution in [2.24, 2.45) is 5.73 Å². The third-order valence-electron chi connectivity index (χ3n) is 1.54. The molecule has 0 spiro atoms. The monoisotopic (exact) mass is 145 g/mol. The van der Waals surface area contributed by atoms with Gasteiger partial charge in [-0.25, -0.2) is 0 Å². The maximum Gasteiger partial charge on any atom is 0.323 e. The van der Waals surface area contributed by atoms with Gasteiger partial charge in [0.05, 0.1) is 0 Å². The summed E-state index contributed by atoms with van der Waals surface area (Å²) in [6.45, 7) is 3.56. The number of rotatable bonds is 4. The van der Waals surface area contributed by atoms with Crippen LogP contribution < -0.4 is 5.73 Å². The summed E-state index contributed by atoms with van der Waals surface area (Å²) in [5.41, 5.74) is 4.41. The summed E-state index contributed by atoms with van der Waals surface area (Å²) in [7, 11) is 0. The highest BCUT2D eigenvalue weighted by atomic mass is 16.4. The summed E-state index contributed by atoms with van der Waals surface area (Å²) in [4.78, 5) is 10.4. The first-order valence-electron chi connectivity index (χ1n) is 3.53. The molecule has 0 aromatic carbocycles. The average molecular weight is 145 g/mol. The molecule has 1 atom stereocenters. The normalized spacial score (nSPS) is 16.3. The van der Waals surface area contributed by atoms with Crippen LogP contribution in [-0.4, -0.2) is 16.6 Å². The molecule has 60 valence electrons. The van der Waals surface area contributed by atoms with Gasteiger partial charge in [-0.1, -0.05) is 19.8 Å². The van der Waals surface area contributed by atoms with E-state index in [9.17, 15) is 4.79 Å². The number of carbonyl (C=O) groups is 1. The fourth-order valence-corrected chi connectivity index (χ4v) is 0.651. The minimum absolute atomic E-state index is 0.554. The molecule has 0 fully saturated rings. The first kappa shape index (κ1) is 9.43. The van der Waals surface area contributed by atoms with Gasteiger partial charge in [0.15, 0.2) is 0 Å². The second-order valence-corrected chi connectivity index (χ2v) is 2.83. The lowest BCUT2D eigenvalue weighted by Gasteiger charge is -2.17. The van der Waals surface area contributed by atoms with E-state index in [0.29, 0.717) is 6.42 Å². The second kappa shape index (κ2) is 3.56. The van der Waals surface area contributed by atoms with E-state index in [4.69, 9.17) is 10.8 Å². The van der Waals surface area contributed by atoms with Crippen molar-refractivity contribution < 1.29 is 9.90 Å². The van der Waals surface area contributed by atoms with E-state index >= 15 is 0 Å². The largest absolute Gasteiger partial charge is 0.480 e. The number of carboxylic acid groups (broad SMARTS) is 1. The molecule has 0 aliphatic carbocycles. The van der Waals surface area contributed by atoms with Crippen LogP contribution in [-0.2, 0) is 4.79 Å². The van der Waals surface area contributed by atoms with E-state index in [1.165, 1.54) is 0 Å². The molecule has 0 aliphatic heterocycles. The molecule has 0 aromatic heterocycles. The molecule has 3 N–H and O–H groups in total. The first-order chi connectivity index (χ1) is 4.50. The van der Waals surface area contributed by atoms with Gasteiger partial charge in [0.25, 0.3) is 0 Å². The van der Waals surface area contributed by atoms with Crippen LogP contribution in [0.1, 0.15) is 33.1 Å². The van der Waals surface area contributed by atoms with Crippen LogP contribution >= 0.6 is 0 Å². The Morgan fingerprint density at radius 3 is 2.50 bits per heavy atom. The predicted octanol–water partition coefficient (Wildman–Crippen LogP) is 0.979. The van der Waals surface area contributed by atoms with E-state index in [1.807, 2.05) is 6.92 Å². The highest BCUT2D eigenvalue weighted by Gasteiger charge is 2.26. The van der Waals surface area contributed by atoms with Crippen molar-refractivity contribution >= 4 is 5.97 Å². The van der Waals surface area contributed by atoms with Crippen LogP contribution in [0.25, 0.3) is 0 Å². The molecule has 0 saturated carbocycles. The maximum absolute atomic E-state index is 10.4. The Balaban J connectivity index is 3.75. The Morgan fingerprint density at radius 1 is 1.70 bits per heavy atom. The molecular weight excluding hydrogens is 130 g/mol. The molecule has 0 bridgehead atoms. The Hall–Kier alpha value is -0.570. The minimum atomic E-state index is -1.03. The quantitative estimate of drug-likeness (QED) is 0.619. The second-order valence-electron chi connectivity index (χ2n) is 2.83. The van der Waals surface area contributed by atoms with Crippen molar-refractivity contribution in [2.75, 3.05) is 0 Å². The highest BCUT2D eigenvalue weighted by molar-refractivity contribution is 5.77. The van der Waals surface area contributed by atoms with E-state index in [-0.39, 0.29) is 0 Å². The molecule has 3 heteroatoms. The van der Waals surface area contributed by atoms with Gasteiger partial charge in [-0.3, -0.25) is 4.79 Å². The SMILES string of the molecule is CCCC[C@@](C)(N)C(=O)O. The molecular formula is C7H15NO2. The van der Waals surface area contributed by atoms with E-state index in [2.05, 4.69) is 0 Å². The Bertz CT molecular complexity index is 121. The zero-order valence-corrected chi connectivity index (χ0v) is 6.55. The van der Waals surface area contributed by atoms with E-state index < -0.39 is 11.5 Å². The summed E-state index contributed by atoms with van der Waals surface area (Å²) in [6.07, 6.45) is 2.41. The molecule has 0 unspecified atom stereocenters. The fourth-order valence-electron chi connectivity index (χ4n) is 0.651. The van der Waals surface area contributed by atoms with Crippen molar-refractivity contribution in [1.82, 2.24) is 0 Å². The summed E-state index contributed by atoms with van der Waals surface area (Å²) in [6, 6.07) is 0. The molecule has 0 radical (unpaired) electrons. The van der Waals surface area contributed by atoms with Crippen LogP contribution in [0.2, 0.25) is 0 Å². The molecule has 0 amide bonds. The van der Waals surface area contributed by atoms with Gasteiger partial charge in [0, 0.05) is 0 Å². The smallest absolute Gasteiger partial charge is 0.323 e. The number of nitrogens with two attached hydrogens (primary N) is 1. The molecule has 0 aliphatic rings. The third kappa shape index (κ3) is 2.82. The third-order valence-corrected chi connectivity index (χ3v) is 1.54. The number of unbranched alkanes of at least 4 members (excludes halogenated alkanes) is 1. The van der Waals surface area contributed by atoms with Crippen LogP contribution in [0.15, 0.2) is 0 Å². The standard InChI is InChI=1S/C7H15NO2/c1-3-4-5-7(2,8)6(9)10/h3-5,8H2,1-2H3,(H,9,10)/t7-/m1/s1. The average Bonchev–Trinajstić information content (AvgIpc) is 1.84. The molecule has 3 nitrogen and oxygen atoms in total. The summed E-state index contributed by atoms with van der Waals surface area (Å²) >= 11 is 0. The van der Waals surface area contributed by atoms with Crippen LogP contribution in [0.5, 0.6) is 0 Å². The highest BCUT2D eigenvalue weighted by Crippen LogP contribution is 2.09. The maximum atomic E-state index is 10.4. The zero-order valence-electron chi connectivity index (χ0n) is 6.55. The Labute approximate surface area is 61.2 Å².